The first-order chi connectivity index (χ1) is 9.87. The molecule has 106 valence electrons. The van der Waals surface area contributed by atoms with E-state index in [2.05, 4.69) is 36.0 Å². The summed E-state index contributed by atoms with van der Waals surface area (Å²) < 4.78 is 11.8. The molecule has 3 heteroatoms. The normalized spacial score (nSPS) is 19.3. The third-order valence-corrected chi connectivity index (χ3v) is 4.34. The zero-order valence-electron chi connectivity index (χ0n) is 12.9. The molecule has 1 heterocycles. The van der Waals surface area contributed by atoms with Crippen LogP contribution in [0.15, 0.2) is 42.5 Å². The second-order valence-electron chi connectivity index (χ2n) is 6.42. The van der Waals surface area contributed by atoms with Gasteiger partial charge in [-0.1, -0.05) is 42.1 Å². The van der Waals surface area contributed by atoms with Gasteiger partial charge in [-0.3, -0.25) is 0 Å². The molecule has 2 nitrogen and oxygen atoms in total. The van der Waals surface area contributed by atoms with Crippen molar-refractivity contribution in [2.75, 3.05) is 0 Å². The molecule has 0 unspecified atom stereocenters. The van der Waals surface area contributed by atoms with Crippen molar-refractivity contribution in [2.24, 2.45) is 0 Å². The van der Waals surface area contributed by atoms with Crippen molar-refractivity contribution < 1.29 is 9.31 Å². The molecule has 0 atom stereocenters. The standard InChI is InChI=1S/C18H19BO2/c1-17(2)18(3,4)21-19(20-17)12-11-14-9-10-15-7-5-6-8-16(15)13-14/h5-10,13H,1-4H3. The van der Waals surface area contributed by atoms with Gasteiger partial charge in [-0.25, -0.2) is 0 Å². The Balaban J connectivity index is 1.84. The first-order valence-corrected chi connectivity index (χ1v) is 7.23. The smallest absolute Gasteiger partial charge is 0.392 e. The van der Waals surface area contributed by atoms with E-state index in [1.165, 1.54) is 10.8 Å². The van der Waals surface area contributed by atoms with E-state index in [-0.39, 0.29) is 11.2 Å². The molecule has 1 fully saturated rings. The van der Waals surface area contributed by atoms with Gasteiger partial charge in [0.2, 0.25) is 0 Å². The maximum absolute atomic E-state index is 5.88. The third-order valence-electron chi connectivity index (χ3n) is 4.34. The highest BCUT2D eigenvalue weighted by Gasteiger charge is 2.50. The average molecular weight is 278 g/mol. The highest BCUT2D eigenvalue weighted by atomic mass is 16.7. The van der Waals surface area contributed by atoms with Crippen molar-refractivity contribution in [3.63, 3.8) is 0 Å². The molecular formula is C18H19BO2. The lowest BCUT2D eigenvalue weighted by Gasteiger charge is -2.32. The van der Waals surface area contributed by atoms with Crippen molar-refractivity contribution in [3.8, 4) is 11.7 Å². The number of benzene rings is 2. The van der Waals surface area contributed by atoms with Crippen LogP contribution in [0.2, 0.25) is 0 Å². The summed E-state index contributed by atoms with van der Waals surface area (Å²) in [6.07, 6.45) is 0. The van der Waals surface area contributed by atoms with E-state index < -0.39 is 7.12 Å². The fraction of sp³-hybridized carbons (Fsp3) is 0.333. The molecule has 21 heavy (non-hydrogen) atoms. The van der Waals surface area contributed by atoms with Crippen molar-refractivity contribution in [1.82, 2.24) is 0 Å². The summed E-state index contributed by atoms with van der Waals surface area (Å²) in [6.45, 7) is 8.13. The first kappa shape index (κ1) is 14.2. The van der Waals surface area contributed by atoms with Crippen LogP contribution >= 0.6 is 0 Å². The van der Waals surface area contributed by atoms with Crippen molar-refractivity contribution in [2.45, 2.75) is 38.9 Å². The molecule has 3 rings (SSSR count). The predicted octanol–water partition coefficient (Wildman–Crippen LogP) is 3.82. The highest BCUT2D eigenvalue weighted by Crippen LogP contribution is 2.36. The lowest BCUT2D eigenvalue weighted by atomic mass is 9.90. The van der Waals surface area contributed by atoms with Crippen LogP contribution in [0.25, 0.3) is 10.8 Å². The molecule has 2 aromatic rings. The topological polar surface area (TPSA) is 18.5 Å². The quantitative estimate of drug-likeness (QED) is 0.538. The lowest BCUT2D eigenvalue weighted by molar-refractivity contribution is 0.00578. The van der Waals surface area contributed by atoms with Gasteiger partial charge in [0.25, 0.3) is 0 Å². The summed E-state index contributed by atoms with van der Waals surface area (Å²) in [6, 6.07) is 14.5. The first-order valence-electron chi connectivity index (χ1n) is 7.23. The Bertz CT molecular complexity index is 721. The Kier molecular flexibility index (Phi) is 3.32. The lowest BCUT2D eigenvalue weighted by Crippen LogP contribution is -2.41. The van der Waals surface area contributed by atoms with Crippen LogP contribution in [0.4, 0.5) is 0 Å². The summed E-state index contributed by atoms with van der Waals surface area (Å²) in [5, 5.41) is 2.41. The Hall–Kier alpha value is -1.76. The number of fused-ring (bicyclic) bond motifs is 1. The van der Waals surface area contributed by atoms with E-state index >= 15 is 0 Å². The van der Waals surface area contributed by atoms with Gasteiger partial charge in [-0.15, -0.1) is 0 Å². The maximum atomic E-state index is 5.88. The van der Waals surface area contributed by atoms with Gasteiger partial charge < -0.3 is 9.31 Å². The number of rotatable bonds is 0. The molecule has 0 N–H and O–H groups in total. The molecule has 0 amide bonds. The molecule has 0 aliphatic carbocycles. The minimum Gasteiger partial charge on any atom is -0.392 e. The van der Waals surface area contributed by atoms with Crippen LogP contribution < -0.4 is 0 Å². The SMILES string of the molecule is CC1(C)OB(C#Cc2ccc3ccccc3c2)OC1(C)C. The van der Waals surface area contributed by atoms with E-state index in [9.17, 15) is 0 Å². The third kappa shape index (κ3) is 2.70. The summed E-state index contributed by atoms with van der Waals surface area (Å²) in [4.78, 5) is 0. The minimum atomic E-state index is -0.471. The predicted molar refractivity (Wildman–Crippen MR) is 86.9 cm³/mol. The van der Waals surface area contributed by atoms with Crippen LogP contribution in [0.5, 0.6) is 0 Å². The zero-order valence-corrected chi connectivity index (χ0v) is 12.9. The number of hydrogen-bond acceptors (Lipinski definition) is 2. The second kappa shape index (κ2) is 4.91. The molecule has 0 spiro atoms. The molecule has 0 saturated carbocycles. The van der Waals surface area contributed by atoms with Gasteiger partial charge in [0.05, 0.1) is 11.2 Å². The van der Waals surface area contributed by atoms with Gasteiger partial charge in [0.15, 0.2) is 0 Å². The van der Waals surface area contributed by atoms with Crippen LogP contribution in [0.3, 0.4) is 0 Å². The van der Waals surface area contributed by atoms with Gasteiger partial charge in [0.1, 0.15) is 0 Å². The Morgan fingerprint density at radius 3 is 2.14 bits per heavy atom. The Labute approximate surface area is 126 Å². The van der Waals surface area contributed by atoms with E-state index in [4.69, 9.17) is 9.31 Å². The van der Waals surface area contributed by atoms with Crippen LogP contribution in [-0.2, 0) is 9.31 Å². The maximum Gasteiger partial charge on any atom is 0.551 e. The van der Waals surface area contributed by atoms with Gasteiger partial charge in [0, 0.05) is 5.56 Å². The molecule has 1 saturated heterocycles. The van der Waals surface area contributed by atoms with E-state index in [1.54, 1.807) is 0 Å². The van der Waals surface area contributed by atoms with Gasteiger partial charge in [-0.2, -0.15) is 0 Å². The summed E-state index contributed by atoms with van der Waals surface area (Å²) in [5.41, 5.74) is 0.300. The monoisotopic (exact) mass is 278 g/mol. The van der Waals surface area contributed by atoms with E-state index in [1.807, 2.05) is 45.9 Å². The Morgan fingerprint density at radius 1 is 0.857 bits per heavy atom. The number of hydrogen-bond donors (Lipinski definition) is 0. The molecule has 0 aromatic heterocycles. The van der Waals surface area contributed by atoms with E-state index in [0.717, 1.165) is 5.56 Å². The van der Waals surface area contributed by atoms with Gasteiger partial charge >= 0.3 is 7.12 Å². The van der Waals surface area contributed by atoms with Crippen molar-refractivity contribution >= 4 is 17.9 Å². The Morgan fingerprint density at radius 2 is 1.48 bits per heavy atom. The van der Waals surface area contributed by atoms with Crippen molar-refractivity contribution in [3.05, 3.63) is 48.0 Å². The molecule has 2 aromatic carbocycles. The summed E-state index contributed by atoms with van der Waals surface area (Å²) in [5.74, 6) is 6.23. The van der Waals surface area contributed by atoms with Gasteiger partial charge in [-0.05, 0) is 50.6 Å². The van der Waals surface area contributed by atoms with Crippen LogP contribution in [0.1, 0.15) is 33.3 Å². The fourth-order valence-electron chi connectivity index (χ4n) is 2.31. The molecular weight excluding hydrogens is 259 g/mol. The van der Waals surface area contributed by atoms with Crippen LogP contribution in [0, 0.1) is 11.7 Å². The summed E-state index contributed by atoms with van der Waals surface area (Å²) in [7, 11) is -0.471. The van der Waals surface area contributed by atoms with E-state index in [0.29, 0.717) is 0 Å². The highest BCUT2D eigenvalue weighted by molar-refractivity contribution is 6.55. The zero-order chi connectivity index (χ0) is 15.1. The van der Waals surface area contributed by atoms with Crippen LogP contribution in [-0.4, -0.2) is 18.3 Å². The molecule has 1 aliphatic heterocycles. The largest absolute Gasteiger partial charge is 0.551 e. The average Bonchev–Trinajstić information content (AvgIpc) is 2.64. The molecule has 0 radical (unpaired) electrons. The molecule has 1 aliphatic rings. The summed E-state index contributed by atoms with van der Waals surface area (Å²) >= 11 is 0. The molecule has 0 bridgehead atoms. The fourth-order valence-corrected chi connectivity index (χ4v) is 2.31. The minimum absolute atomic E-state index is 0.338. The second-order valence-corrected chi connectivity index (χ2v) is 6.42. The van der Waals surface area contributed by atoms with Crippen molar-refractivity contribution in [1.29, 1.82) is 0 Å².